The van der Waals surface area contributed by atoms with E-state index in [1.54, 1.807) is 0 Å². The highest BCUT2D eigenvalue weighted by Gasteiger charge is 1.99. The second-order valence-corrected chi connectivity index (χ2v) is 3.08. The van der Waals surface area contributed by atoms with Gasteiger partial charge in [-0.1, -0.05) is 39.5 Å². The molecule has 1 unspecified atom stereocenters. The minimum absolute atomic E-state index is 0.146. The molecule has 62 valence electrons. The summed E-state index contributed by atoms with van der Waals surface area (Å²) >= 11 is 0. The monoisotopic (exact) mass is 146 g/mol. The maximum absolute atomic E-state index is 11.8. The van der Waals surface area contributed by atoms with Crippen molar-refractivity contribution in [2.75, 3.05) is 6.67 Å². The van der Waals surface area contributed by atoms with Crippen molar-refractivity contribution in [2.24, 2.45) is 5.92 Å². The number of halogens is 1. The Morgan fingerprint density at radius 3 is 2.40 bits per heavy atom. The zero-order chi connectivity index (χ0) is 7.82. The van der Waals surface area contributed by atoms with E-state index in [1.165, 1.54) is 25.7 Å². The van der Waals surface area contributed by atoms with Crippen LogP contribution in [0.1, 0.15) is 46.0 Å². The van der Waals surface area contributed by atoms with Crippen LogP contribution in [0.4, 0.5) is 4.39 Å². The molecule has 10 heavy (non-hydrogen) atoms. The van der Waals surface area contributed by atoms with Crippen molar-refractivity contribution >= 4 is 0 Å². The molecule has 1 heteroatoms. The van der Waals surface area contributed by atoms with Crippen LogP contribution in [0.3, 0.4) is 0 Å². The summed E-state index contributed by atoms with van der Waals surface area (Å²) in [4.78, 5) is 0. The Balaban J connectivity index is 2.97. The molecule has 0 heterocycles. The SMILES string of the molecule is CCCCCC(C)CCF. The highest BCUT2D eigenvalue weighted by molar-refractivity contribution is 4.51. The Kier molecular flexibility index (Phi) is 6.99. The van der Waals surface area contributed by atoms with Crippen LogP contribution in [-0.2, 0) is 0 Å². The molecule has 0 aromatic heterocycles. The average molecular weight is 146 g/mol. The van der Waals surface area contributed by atoms with Gasteiger partial charge in [-0.25, -0.2) is 0 Å². The van der Waals surface area contributed by atoms with Crippen LogP contribution in [0, 0.1) is 5.92 Å². The molecule has 0 spiro atoms. The smallest absolute Gasteiger partial charge is 0.0897 e. The maximum atomic E-state index is 11.8. The first-order valence-corrected chi connectivity index (χ1v) is 4.37. The number of hydrogen-bond acceptors (Lipinski definition) is 0. The lowest BCUT2D eigenvalue weighted by atomic mass is 10.0. The van der Waals surface area contributed by atoms with Crippen molar-refractivity contribution < 1.29 is 4.39 Å². The van der Waals surface area contributed by atoms with Crippen LogP contribution in [-0.4, -0.2) is 6.67 Å². The third-order valence-corrected chi connectivity index (χ3v) is 1.90. The predicted octanol–water partition coefficient (Wildman–Crippen LogP) is 3.56. The summed E-state index contributed by atoms with van der Waals surface area (Å²) in [6.07, 6.45) is 5.80. The summed E-state index contributed by atoms with van der Waals surface area (Å²) in [6.45, 7) is 4.18. The Bertz CT molecular complexity index is 61.7. The standard InChI is InChI=1S/C9H19F/c1-3-4-5-6-9(2)7-8-10/h9H,3-8H2,1-2H3. The fraction of sp³-hybridized carbons (Fsp3) is 1.00. The van der Waals surface area contributed by atoms with E-state index in [9.17, 15) is 4.39 Å². The van der Waals surface area contributed by atoms with Gasteiger partial charge in [-0.3, -0.25) is 4.39 Å². The van der Waals surface area contributed by atoms with Gasteiger partial charge in [-0.15, -0.1) is 0 Å². The first kappa shape index (κ1) is 9.93. The summed E-state index contributed by atoms with van der Waals surface area (Å²) in [5.74, 6) is 0.594. The zero-order valence-corrected chi connectivity index (χ0v) is 7.20. The Labute approximate surface area is 63.8 Å². The van der Waals surface area contributed by atoms with E-state index in [0.717, 1.165) is 6.42 Å². The van der Waals surface area contributed by atoms with Gasteiger partial charge in [0.05, 0.1) is 6.67 Å². The molecule has 0 radical (unpaired) electrons. The summed E-state index contributed by atoms with van der Waals surface area (Å²) in [6, 6.07) is 0. The quantitative estimate of drug-likeness (QED) is 0.502. The van der Waals surface area contributed by atoms with Gasteiger partial charge in [-0.05, 0) is 12.3 Å². The lowest BCUT2D eigenvalue weighted by Gasteiger charge is -2.06. The van der Waals surface area contributed by atoms with Gasteiger partial charge in [-0.2, -0.15) is 0 Å². The molecular formula is C9H19F. The fourth-order valence-electron chi connectivity index (χ4n) is 1.07. The molecule has 0 rings (SSSR count). The largest absolute Gasteiger partial charge is 0.251 e. The van der Waals surface area contributed by atoms with Gasteiger partial charge >= 0.3 is 0 Å². The molecule has 0 aliphatic carbocycles. The Hall–Kier alpha value is -0.0700. The van der Waals surface area contributed by atoms with Crippen molar-refractivity contribution in [3.63, 3.8) is 0 Å². The molecule has 0 aromatic rings. The maximum Gasteiger partial charge on any atom is 0.0897 e. The van der Waals surface area contributed by atoms with Crippen LogP contribution in [0.2, 0.25) is 0 Å². The van der Waals surface area contributed by atoms with E-state index in [1.807, 2.05) is 0 Å². The number of unbranched alkanes of at least 4 members (excludes halogenated alkanes) is 2. The van der Waals surface area contributed by atoms with E-state index in [-0.39, 0.29) is 6.67 Å². The molecule has 0 fully saturated rings. The molecule has 0 saturated carbocycles. The van der Waals surface area contributed by atoms with Crippen LogP contribution >= 0.6 is 0 Å². The van der Waals surface area contributed by atoms with Crippen molar-refractivity contribution in [1.29, 1.82) is 0 Å². The zero-order valence-electron chi connectivity index (χ0n) is 7.20. The lowest BCUT2D eigenvalue weighted by Crippen LogP contribution is -1.95. The highest BCUT2D eigenvalue weighted by Crippen LogP contribution is 2.12. The molecular weight excluding hydrogens is 127 g/mol. The molecule has 0 bridgehead atoms. The number of rotatable bonds is 6. The van der Waals surface area contributed by atoms with Crippen molar-refractivity contribution in [3.05, 3.63) is 0 Å². The van der Waals surface area contributed by atoms with E-state index in [2.05, 4.69) is 13.8 Å². The van der Waals surface area contributed by atoms with Crippen LogP contribution < -0.4 is 0 Å². The average Bonchev–Trinajstić information content (AvgIpc) is 1.89. The first-order valence-electron chi connectivity index (χ1n) is 4.37. The summed E-state index contributed by atoms with van der Waals surface area (Å²) in [5, 5.41) is 0. The third-order valence-electron chi connectivity index (χ3n) is 1.90. The van der Waals surface area contributed by atoms with Gasteiger partial charge in [0.1, 0.15) is 0 Å². The minimum Gasteiger partial charge on any atom is -0.251 e. The molecule has 0 aromatic carbocycles. The molecule has 0 aliphatic rings. The normalized spacial score (nSPS) is 13.5. The van der Waals surface area contributed by atoms with Crippen LogP contribution in [0.15, 0.2) is 0 Å². The molecule has 0 amide bonds. The molecule has 0 nitrogen and oxygen atoms in total. The number of alkyl halides is 1. The van der Waals surface area contributed by atoms with Gasteiger partial charge in [0.15, 0.2) is 0 Å². The molecule has 0 aliphatic heterocycles. The van der Waals surface area contributed by atoms with E-state index in [0.29, 0.717) is 5.92 Å². The Morgan fingerprint density at radius 2 is 1.90 bits per heavy atom. The van der Waals surface area contributed by atoms with E-state index < -0.39 is 0 Å². The lowest BCUT2D eigenvalue weighted by molar-refractivity contribution is 0.380. The van der Waals surface area contributed by atoms with Crippen LogP contribution in [0.25, 0.3) is 0 Å². The van der Waals surface area contributed by atoms with Gasteiger partial charge in [0.25, 0.3) is 0 Å². The molecule has 1 atom stereocenters. The highest BCUT2D eigenvalue weighted by atomic mass is 19.1. The van der Waals surface area contributed by atoms with Gasteiger partial charge < -0.3 is 0 Å². The van der Waals surface area contributed by atoms with Crippen LogP contribution in [0.5, 0.6) is 0 Å². The second-order valence-electron chi connectivity index (χ2n) is 3.08. The predicted molar refractivity (Wildman–Crippen MR) is 43.9 cm³/mol. The summed E-state index contributed by atoms with van der Waals surface area (Å²) in [5.41, 5.74) is 0. The fourth-order valence-corrected chi connectivity index (χ4v) is 1.07. The third kappa shape index (κ3) is 6.06. The van der Waals surface area contributed by atoms with Crippen molar-refractivity contribution in [1.82, 2.24) is 0 Å². The molecule has 0 N–H and O–H groups in total. The van der Waals surface area contributed by atoms with Gasteiger partial charge in [0, 0.05) is 0 Å². The van der Waals surface area contributed by atoms with Crippen molar-refractivity contribution in [2.45, 2.75) is 46.0 Å². The van der Waals surface area contributed by atoms with E-state index in [4.69, 9.17) is 0 Å². The van der Waals surface area contributed by atoms with E-state index >= 15 is 0 Å². The topological polar surface area (TPSA) is 0 Å². The summed E-state index contributed by atoms with van der Waals surface area (Å²) in [7, 11) is 0. The minimum atomic E-state index is -0.146. The first-order chi connectivity index (χ1) is 4.81. The number of hydrogen-bond donors (Lipinski definition) is 0. The van der Waals surface area contributed by atoms with Gasteiger partial charge in [0.2, 0.25) is 0 Å². The Morgan fingerprint density at radius 1 is 1.20 bits per heavy atom. The van der Waals surface area contributed by atoms with Crippen molar-refractivity contribution in [3.8, 4) is 0 Å². The second kappa shape index (κ2) is 7.04. The molecule has 0 saturated heterocycles. The summed E-state index contributed by atoms with van der Waals surface area (Å²) < 4.78 is 11.8.